The Hall–Kier alpha value is -2.90. The van der Waals surface area contributed by atoms with E-state index in [1.54, 1.807) is 30.3 Å². The normalized spacial score (nSPS) is 10.2. The molecule has 0 heterocycles. The molecule has 3 aromatic carbocycles. The SMILES string of the molecule is CCCCc1c(F)cc(C#Cc2ccc(-c3cc(F)c(N=C=S)c(Cl)c3)cc2)cc1F. The lowest BCUT2D eigenvalue weighted by Gasteiger charge is -2.06. The van der Waals surface area contributed by atoms with Crippen LogP contribution in [0.4, 0.5) is 18.9 Å². The number of thiocarbonyl (C=S) groups is 1. The number of isothiocyanates is 1. The molecular formula is C25H17ClF3NS. The molecule has 3 rings (SSSR count). The van der Waals surface area contributed by atoms with E-state index < -0.39 is 17.5 Å². The number of rotatable bonds is 5. The highest BCUT2D eigenvalue weighted by Gasteiger charge is 2.11. The van der Waals surface area contributed by atoms with E-state index in [-0.39, 0.29) is 21.8 Å². The van der Waals surface area contributed by atoms with Gasteiger partial charge < -0.3 is 0 Å². The molecule has 156 valence electrons. The van der Waals surface area contributed by atoms with Gasteiger partial charge in [0, 0.05) is 16.7 Å². The second-order valence-electron chi connectivity index (χ2n) is 6.84. The monoisotopic (exact) mass is 455 g/mol. The third-order valence-electron chi connectivity index (χ3n) is 4.67. The Labute approximate surface area is 189 Å². The predicted octanol–water partition coefficient (Wildman–Crippen LogP) is 7.90. The number of unbranched alkanes of at least 4 members (excludes halogenated alkanes) is 1. The average Bonchev–Trinajstić information content (AvgIpc) is 2.74. The average molecular weight is 456 g/mol. The van der Waals surface area contributed by atoms with Crippen LogP contribution >= 0.6 is 23.8 Å². The van der Waals surface area contributed by atoms with Crippen LogP contribution in [0.2, 0.25) is 5.02 Å². The van der Waals surface area contributed by atoms with Crippen LogP contribution in [0, 0.1) is 29.3 Å². The Balaban J connectivity index is 1.83. The highest BCUT2D eigenvalue weighted by Crippen LogP contribution is 2.33. The summed E-state index contributed by atoms with van der Waals surface area (Å²) in [5.74, 6) is 3.92. The molecule has 0 aliphatic rings. The number of benzene rings is 3. The van der Waals surface area contributed by atoms with Gasteiger partial charge in [0.1, 0.15) is 17.3 Å². The van der Waals surface area contributed by atoms with Gasteiger partial charge in [-0.15, -0.1) is 0 Å². The van der Waals surface area contributed by atoms with Gasteiger partial charge in [-0.05, 0) is 72.6 Å². The molecule has 0 saturated carbocycles. The molecule has 0 bridgehead atoms. The summed E-state index contributed by atoms with van der Waals surface area (Å²) in [5, 5.41) is 2.23. The van der Waals surface area contributed by atoms with Gasteiger partial charge in [0.15, 0.2) is 5.82 Å². The highest BCUT2D eigenvalue weighted by molar-refractivity contribution is 7.78. The van der Waals surface area contributed by atoms with Gasteiger partial charge >= 0.3 is 0 Å². The van der Waals surface area contributed by atoms with Gasteiger partial charge in [0.25, 0.3) is 0 Å². The van der Waals surface area contributed by atoms with Crippen molar-refractivity contribution in [3.8, 4) is 23.0 Å². The molecule has 0 unspecified atom stereocenters. The molecule has 3 aromatic rings. The molecule has 31 heavy (non-hydrogen) atoms. The molecular weight excluding hydrogens is 439 g/mol. The molecule has 0 aromatic heterocycles. The van der Waals surface area contributed by atoms with Gasteiger partial charge in [-0.25, -0.2) is 13.2 Å². The predicted molar refractivity (Wildman–Crippen MR) is 122 cm³/mol. The van der Waals surface area contributed by atoms with Crippen molar-refractivity contribution in [3.05, 3.63) is 87.7 Å². The Bertz CT molecular complexity index is 1170. The molecule has 0 aliphatic carbocycles. The molecule has 0 saturated heterocycles. The molecule has 0 radical (unpaired) electrons. The summed E-state index contributed by atoms with van der Waals surface area (Å²) in [7, 11) is 0. The quantitative estimate of drug-likeness (QED) is 0.216. The molecule has 0 amide bonds. The van der Waals surface area contributed by atoms with Crippen LogP contribution in [0.3, 0.4) is 0 Å². The van der Waals surface area contributed by atoms with Gasteiger partial charge in [-0.3, -0.25) is 0 Å². The molecule has 0 atom stereocenters. The zero-order valence-electron chi connectivity index (χ0n) is 16.6. The minimum atomic E-state index is -0.602. The van der Waals surface area contributed by atoms with Crippen molar-refractivity contribution in [2.24, 2.45) is 4.99 Å². The standard InChI is InChI=1S/C25H17ClF3NS/c1-2-3-4-20-22(27)11-17(12-23(20)28)6-5-16-7-9-18(10-8-16)19-13-21(26)25(30-15-31)24(29)14-19/h7-14H,2-4H2,1H3. The Morgan fingerprint density at radius 1 is 0.871 bits per heavy atom. The van der Waals surface area contributed by atoms with Crippen LogP contribution in [0.5, 0.6) is 0 Å². The summed E-state index contributed by atoms with van der Waals surface area (Å²) in [6.07, 6.45) is 1.95. The first kappa shape index (κ1) is 22.8. The van der Waals surface area contributed by atoms with Crippen LogP contribution in [0.1, 0.15) is 36.5 Å². The van der Waals surface area contributed by atoms with Crippen LogP contribution in [-0.4, -0.2) is 5.16 Å². The molecule has 0 N–H and O–H groups in total. The topological polar surface area (TPSA) is 12.4 Å². The van der Waals surface area contributed by atoms with Crippen LogP contribution < -0.4 is 0 Å². The third kappa shape index (κ3) is 5.62. The summed E-state index contributed by atoms with van der Waals surface area (Å²) in [4.78, 5) is 3.63. The second kappa shape index (κ2) is 10.4. The van der Waals surface area contributed by atoms with E-state index in [9.17, 15) is 13.2 Å². The molecule has 0 spiro atoms. The maximum atomic E-state index is 14.2. The van der Waals surface area contributed by atoms with Crippen LogP contribution in [0.25, 0.3) is 11.1 Å². The number of halogens is 4. The summed E-state index contributed by atoms with van der Waals surface area (Å²) in [6, 6.07) is 12.4. The smallest absolute Gasteiger partial charge is 0.151 e. The first-order chi connectivity index (χ1) is 14.9. The van der Waals surface area contributed by atoms with Gasteiger partial charge in [-0.1, -0.05) is 48.9 Å². The summed E-state index contributed by atoms with van der Waals surface area (Å²) in [6.45, 7) is 1.97. The number of hydrogen-bond acceptors (Lipinski definition) is 2. The van der Waals surface area contributed by atoms with E-state index in [4.69, 9.17) is 11.6 Å². The van der Waals surface area contributed by atoms with Crippen molar-refractivity contribution in [3.63, 3.8) is 0 Å². The zero-order chi connectivity index (χ0) is 22.4. The minimum absolute atomic E-state index is 0.0527. The number of hydrogen-bond donors (Lipinski definition) is 0. The molecule has 0 fully saturated rings. The summed E-state index contributed by atoms with van der Waals surface area (Å²) < 4.78 is 42.5. The molecule has 6 heteroatoms. The van der Waals surface area contributed by atoms with Gasteiger partial charge in [0.2, 0.25) is 0 Å². The fourth-order valence-electron chi connectivity index (χ4n) is 3.04. The highest BCUT2D eigenvalue weighted by atomic mass is 35.5. The van der Waals surface area contributed by atoms with Crippen molar-refractivity contribution in [1.29, 1.82) is 0 Å². The largest absolute Gasteiger partial charge is 0.207 e. The van der Waals surface area contributed by atoms with Crippen LogP contribution in [0.15, 0.2) is 53.5 Å². The Kier molecular flexibility index (Phi) is 7.65. The number of aliphatic imine (C=N–C) groups is 1. The lowest BCUT2D eigenvalue weighted by Crippen LogP contribution is -1.97. The maximum absolute atomic E-state index is 14.2. The molecule has 0 aliphatic heterocycles. The van der Waals surface area contributed by atoms with E-state index in [2.05, 4.69) is 34.2 Å². The van der Waals surface area contributed by atoms with E-state index in [1.807, 2.05) is 6.92 Å². The zero-order valence-corrected chi connectivity index (χ0v) is 18.2. The number of nitrogens with zero attached hydrogens (tertiary/aromatic N) is 1. The van der Waals surface area contributed by atoms with Crippen LogP contribution in [-0.2, 0) is 6.42 Å². The molecule has 1 nitrogen and oxygen atoms in total. The fraction of sp³-hybridized carbons (Fsp3) is 0.160. The summed E-state index contributed by atoms with van der Waals surface area (Å²) in [5.41, 5.74) is 2.25. The Morgan fingerprint density at radius 3 is 2.10 bits per heavy atom. The van der Waals surface area contributed by atoms with Crippen molar-refractivity contribution in [2.75, 3.05) is 0 Å². The third-order valence-corrected chi connectivity index (χ3v) is 5.04. The second-order valence-corrected chi connectivity index (χ2v) is 7.43. The Morgan fingerprint density at radius 2 is 1.52 bits per heavy atom. The van der Waals surface area contributed by atoms with E-state index in [0.717, 1.165) is 18.4 Å². The van der Waals surface area contributed by atoms with Crippen molar-refractivity contribution >= 4 is 34.7 Å². The van der Waals surface area contributed by atoms with E-state index in [1.165, 1.54) is 18.2 Å². The van der Waals surface area contributed by atoms with Crippen molar-refractivity contribution in [1.82, 2.24) is 0 Å². The lowest BCUT2D eigenvalue weighted by molar-refractivity contribution is 0.548. The fourth-order valence-corrected chi connectivity index (χ4v) is 3.38. The minimum Gasteiger partial charge on any atom is -0.207 e. The lowest BCUT2D eigenvalue weighted by atomic mass is 10.0. The van der Waals surface area contributed by atoms with Gasteiger partial charge in [0.05, 0.1) is 10.2 Å². The summed E-state index contributed by atoms with van der Waals surface area (Å²) >= 11 is 10.6. The first-order valence-electron chi connectivity index (χ1n) is 9.60. The van der Waals surface area contributed by atoms with Crippen molar-refractivity contribution < 1.29 is 13.2 Å². The maximum Gasteiger partial charge on any atom is 0.151 e. The van der Waals surface area contributed by atoms with E-state index >= 15 is 0 Å². The first-order valence-corrected chi connectivity index (χ1v) is 10.4. The van der Waals surface area contributed by atoms with E-state index in [0.29, 0.717) is 17.5 Å². The van der Waals surface area contributed by atoms with Crippen molar-refractivity contribution in [2.45, 2.75) is 26.2 Å². The van der Waals surface area contributed by atoms with Gasteiger partial charge in [-0.2, -0.15) is 4.99 Å².